The summed E-state index contributed by atoms with van der Waals surface area (Å²) >= 11 is 0. The molecule has 5 nitrogen and oxygen atoms in total. The Kier molecular flexibility index (Phi) is 4.22. The summed E-state index contributed by atoms with van der Waals surface area (Å²) in [5.74, 6) is 0.0163. The van der Waals surface area contributed by atoms with E-state index in [9.17, 15) is 9.59 Å². The Bertz CT molecular complexity index is 328. The molecule has 0 spiro atoms. The largest absolute Gasteiger partial charge is 0.350 e. The van der Waals surface area contributed by atoms with Crippen LogP contribution in [-0.2, 0) is 9.59 Å². The number of nitrogens with two attached hydrogens (primary N) is 1. The lowest BCUT2D eigenvalue weighted by molar-refractivity contribution is -0.134. The van der Waals surface area contributed by atoms with Crippen molar-refractivity contribution in [2.24, 2.45) is 5.73 Å². The average molecular weight is 253 g/mol. The molecule has 18 heavy (non-hydrogen) atoms. The zero-order valence-corrected chi connectivity index (χ0v) is 11.0. The number of nitrogens with zero attached hydrogens (tertiary/aromatic N) is 1. The highest BCUT2D eigenvalue weighted by molar-refractivity contribution is 5.78. The van der Waals surface area contributed by atoms with Crippen molar-refractivity contribution in [1.82, 2.24) is 10.2 Å². The highest BCUT2D eigenvalue weighted by Crippen LogP contribution is 2.33. The van der Waals surface area contributed by atoms with Crippen LogP contribution in [0.4, 0.5) is 0 Å². The molecule has 0 saturated heterocycles. The van der Waals surface area contributed by atoms with E-state index in [1.165, 1.54) is 0 Å². The SMILES string of the molecule is CC(=O)N(C1CC1)[C@@H]1CCCC[C@H]1NC(=O)CN. The summed E-state index contributed by atoms with van der Waals surface area (Å²) in [5, 5.41) is 2.98. The van der Waals surface area contributed by atoms with Crippen molar-refractivity contribution in [3.8, 4) is 0 Å². The highest BCUT2D eigenvalue weighted by atomic mass is 16.2. The minimum atomic E-state index is -0.119. The maximum Gasteiger partial charge on any atom is 0.234 e. The van der Waals surface area contributed by atoms with Crippen molar-refractivity contribution in [2.45, 2.75) is 63.6 Å². The van der Waals surface area contributed by atoms with Crippen molar-refractivity contribution in [1.29, 1.82) is 0 Å². The molecule has 0 heterocycles. The fourth-order valence-electron chi connectivity index (χ4n) is 2.99. The first-order chi connectivity index (χ1) is 8.63. The summed E-state index contributed by atoms with van der Waals surface area (Å²) in [5.41, 5.74) is 5.35. The summed E-state index contributed by atoms with van der Waals surface area (Å²) in [6, 6.07) is 0.654. The molecule has 0 radical (unpaired) electrons. The smallest absolute Gasteiger partial charge is 0.234 e. The molecule has 0 aromatic carbocycles. The van der Waals surface area contributed by atoms with Crippen molar-refractivity contribution < 1.29 is 9.59 Å². The topological polar surface area (TPSA) is 75.4 Å². The molecular formula is C13H23N3O2. The lowest BCUT2D eigenvalue weighted by Crippen LogP contribution is -2.56. The standard InChI is InChI=1S/C13H23N3O2/c1-9(17)16(10-6-7-10)12-5-3-2-4-11(12)15-13(18)8-14/h10-12H,2-8,14H2,1H3,(H,15,18)/t11-,12-/m1/s1. The van der Waals surface area contributed by atoms with Gasteiger partial charge in [-0.3, -0.25) is 9.59 Å². The van der Waals surface area contributed by atoms with E-state index >= 15 is 0 Å². The molecule has 2 saturated carbocycles. The van der Waals surface area contributed by atoms with Crippen LogP contribution in [0.25, 0.3) is 0 Å². The van der Waals surface area contributed by atoms with E-state index in [0.29, 0.717) is 6.04 Å². The van der Waals surface area contributed by atoms with Gasteiger partial charge in [-0.15, -0.1) is 0 Å². The van der Waals surface area contributed by atoms with Gasteiger partial charge in [-0.05, 0) is 25.7 Å². The third-order valence-corrected chi connectivity index (χ3v) is 3.92. The van der Waals surface area contributed by atoms with E-state index in [2.05, 4.69) is 5.32 Å². The molecular weight excluding hydrogens is 230 g/mol. The van der Waals surface area contributed by atoms with Gasteiger partial charge in [-0.25, -0.2) is 0 Å². The summed E-state index contributed by atoms with van der Waals surface area (Å²) in [7, 11) is 0. The Labute approximate surface area is 108 Å². The minimum absolute atomic E-state index is 0.0206. The first-order valence-corrected chi connectivity index (χ1v) is 6.92. The summed E-state index contributed by atoms with van der Waals surface area (Å²) < 4.78 is 0. The van der Waals surface area contributed by atoms with Gasteiger partial charge in [-0.2, -0.15) is 0 Å². The summed E-state index contributed by atoms with van der Waals surface area (Å²) in [6.45, 7) is 1.65. The number of amides is 2. The van der Waals surface area contributed by atoms with Crippen LogP contribution in [0.15, 0.2) is 0 Å². The third kappa shape index (κ3) is 3.02. The van der Waals surface area contributed by atoms with E-state index < -0.39 is 0 Å². The zero-order chi connectivity index (χ0) is 13.1. The van der Waals surface area contributed by atoms with Gasteiger partial charge in [0, 0.05) is 19.0 Å². The average Bonchev–Trinajstić information content (AvgIpc) is 3.15. The third-order valence-electron chi connectivity index (χ3n) is 3.92. The van der Waals surface area contributed by atoms with E-state index in [0.717, 1.165) is 38.5 Å². The van der Waals surface area contributed by atoms with E-state index in [4.69, 9.17) is 5.73 Å². The van der Waals surface area contributed by atoms with Gasteiger partial charge in [-0.1, -0.05) is 12.8 Å². The molecule has 2 atom stereocenters. The van der Waals surface area contributed by atoms with Crippen LogP contribution in [-0.4, -0.2) is 41.4 Å². The van der Waals surface area contributed by atoms with Crippen molar-refractivity contribution in [3.63, 3.8) is 0 Å². The molecule has 2 aliphatic rings. The number of rotatable bonds is 4. The molecule has 0 unspecified atom stereocenters. The van der Waals surface area contributed by atoms with Gasteiger partial charge in [0.15, 0.2) is 0 Å². The molecule has 0 aromatic rings. The Morgan fingerprint density at radius 1 is 1.22 bits per heavy atom. The maximum atomic E-state index is 11.8. The molecule has 3 N–H and O–H groups in total. The second kappa shape index (κ2) is 5.69. The van der Waals surface area contributed by atoms with Crippen molar-refractivity contribution >= 4 is 11.8 Å². The first-order valence-electron chi connectivity index (χ1n) is 6.92. The Hall–Kier alpha value is -1.10. The molecule has 2 rings (SSSR count). The fourth-order valence-corrected chi connectivity index (χ4v) is 2.99. The van der Waals surface area contributed by atoms with Crippen LogP contribution in [0.3, 0.4) is 0 Å². The number of carbonyl (C=O) groups is 2. The van der Waals surface area contributed by atoms with Gasteiger partial charge < -0.3 is 16.0 Å². The maximum absolute atomic E-state index is 11.8. The van der Waals surface area contributed by atoms with Crippen LogP contribution in [0.1, 0.15) is 45.4 Å². The van der Waals surface area contributed by atoms with Crippen LogP contribution < -0.4 is 11.1 Å². The van der Waals surface area contributed by atoms with Gasteiger partial charge in [0.2, 0.25) is 11.8 Å². The predicted molar refractivity (Wildman–Crippen MR) is 68.8 cm³/mol. The summed E-state index contributed by atoms with van der Waals surface area (Å²) in [4.78, 5) is 25.3. The zero-order valence-electron chi connectivity index (χ0n) is 11.0. The van der Waals surface area contributed by atoms with E-state index in [1.807, 2.05) is 4.90 Å². The van der Waals surface area contributed by atoms with Gasteiger partial charge in [0.1, 0.15) is 0 Å². The second-order valence-corrected chi connectivity index (χ2v) is 5.39. The van der Waals surface area contributed by atoms with Crippen molar-refractivity contribution in [3.05, 3.63) is 0 Å². The van der Waals surface area contributed by atoms with Crippen LogP contribution in [0, 0.1) is 0 Å². The van der Waals surface area contributed by atoms with Gasteiger partial charge >= 0.3 is 0 Å². The highest BCUT2D eigenvalue weighted by Gasteiger charge is 2.40. The number of nitrogens with one attached hydrogen (secondary N) is 1. The predicted octanol–water partition coefficient (Wildman–Crippen LogP) is 0.383. The molecule has 0 aromatic heterocycles. The Balaban J connectivity index is 2.05. The summed E-state index contributed by atoms with van der Waals surface area (Å²) in [6.07, 6.45) is 6.40. The molecule has 0 bridgehead atoms. The molecule has 0 aliphatic heterocycles. The molecule has 102 valence electrons. The quantitative estimate of drug-likeness (QED) is 0.760. The van der Waals surface area contributed by atoms with Crippen LogP contribution in [0.5, 0.6) is 0 Å². The monoisotopic (exact) mass is 253 g/mol. The lowest BCUT2D eigenvalue weighted by Gasteiger charge is -2.40. The normalized spacial score (nSPS) is 27.7. The van der Waals surface area contributed by atoms with Gasteiger partial charge in [0.25, 0.3) is 0 Å². The molecule has 2 amide bonds. The van der Waals surface area contributed by atoms with Crippen LogP contribution in [0.2, 0.25) is 0 Å². The fraction of sp³-hybridized carbons (Fsp3) is 0.846. The van der Waals surface area contributed by atoms with Crippen molar-refractivity contribution in [2.75, 3.05) is 6.54 Å². The Morgan fingerprint density at radius 3 is 2.44 bits per heavy atom. The molecule has 2 fully saturated rings. The number of hydrogen-bond donors (Lipinski definition) is 2. The van der Waals surface area contributed by atoms with Gasteiger partial charge in [0.05, 0.1) is 12.6 Å². The Morgan fingerprint density at radius 2 is 1.89 bits per heavy atom. The number of carbonyl (C=O) groups excluding carboxylic acids is 2. The first kappa shape index (κ1) is 13.3. The lowest BCUT2D eigenvalue weighted by atomic mass is 9.88. The van der Waals surface area contributed by atoms with Crippen LogP contribution >= 0.6 is 0 Å². The van der Waals surface area contributed by atoms with E-state index in [1.54, 1.807) is 6.92 Å². The molecule has 5 heteroatoms. The number of hydrogen-bond acceptors (Lipinski definition) is 3. The minimum Gasteiger partial charge on any atom is -0.350 e. The second-order valence-electron chi connectivity index (χ2n) is 5.39. The molecule has 2 aliphatic carbocycles. The van der Waals surface area contributed by atoms with E-state index in [-0.39, 0.29) is 30.4 Å².